The first-order valence-electron chi connectivity index (χ1n) is 5.84. The zero-order valence-electron chi connectivity index (χ0n) is 11.6. The normalized spacial score (nSPS) is 12.0. The maximum Gasteiger partial charge on any atom is 0.407 e. The first-order chi connectivity index (χ1) is 8.59. The minimum atomic E-state index is -3.31. The molecule has 0 aliphatic carbocycles. The van der Waals surface area contributed by atoms with Gasteiger partial charge in [0.05, 0.1) is 4.90 Å². The number of hydrogen-bond acceptors (Lipinski definition) is 4. The molecule has 0 bridgehead atoms. The summed E-state index contributed by atoms with van der Waals surface area (Å²) >= 11 is 0. The quantitative estimate of drug-likeness (QED) is 0.923. The summed E-state index contributed by atoms with van der Waals surface area (Å²) in [6, 6.07) is 6.54. The molecule has 0 heterocycles. The van der Waals surface area contributed by atoms with E-state index in [1.165, 1.54) is 6.07 Å². The van der Waals surface area contributed by atoms with Gasteiger partial charge in [0.1, 0.15) is 5.60 Å². The lowest BCUT2D eigenvalue weighted by molar-refractivity contribution is 0.0523. The molecule has 106 valence electrons. The van der Waals surface area contributed by atoms with Crippen LogP contribution in [-0.4, -0.2) is 26.4 Å². The number of sulfone groups is 1. The van der Waals surface area contributed by atoms with Crippen molar-refractivity contribution in [3.63, 3.8) is 0 Å². The largest absolute Gasteiger partial charge is 0.444 e. The van der Waals surface area contributed by atoms with Crippen molar-refractivity contribution in [3.8, 4) is 0 Å². The molecule has 0 saturated heterocycles. The van der Waals surface area contributed by atoms with Crippen molar-refractivity contribution in [2.24, 2.45) is 0 Å². The van der Waals surface area contributed by atoms with Crippen molar-refractivity contribution in [2.45, 2.75) is 37.8 Å². The Labute approximate surface area is 113 Å². The predicted molar refractivity (Wildman–Crippen MR) is 72.6 cm³/mol. The highest BCUT2D eigenvalue weighted by Gasteiger charge is 2.17. The number of carbonyl (C=O) groups excluding carboxylic acids is 1. The van der Waals surface area contributed by atoms with Crippen LogP contribution in [-0.2, 0) is 21.1 Å². The standard InChI is InChI=1S/C13H19NO4S/c1-13(2,3)18-12(15)14-9-10-7-5-6-8-11(10)19(4,16)17/h5-8H,9H2,1-4H3,(H,14,15). The lowest BCUT2D eigenvalue weighted by Gasteiger charge is -2.20. The Bertz CT molecular complexity index is 558. The Morgan fingerprint density at radius 1 is 1.26 bits per heavy atom. The van der Waals surface area contributed by atoms with Crippen LogP contribution in [0.3, 0.4) is 0 Å². The van der Waals surface area contributed by atoms with E-state index >= 15 is 0 Å². The SMILES string of the molecule is CC(C)(C)OC(=O)NCc1ccccc1S(C)(=O)=O. The number of carbonyl (C=O) groups is 1. The van der Waals surface area contributed by atoms with Crippen LogP contribution in [0, 0.1) is 0 Å². The topological polar surface area (TPSA) is 72.5 Å². The fraction of sp³-hybridized carbons (Fsp3) is 0.462. The van der Waals surface area contributed by atoms with Crippen LogP contribution < -0.4 is 5.32 Å². The van der Waals surface area contributed by atoms with Crippen molar-refractivity contribution in [1.29, 1.82) is 0 Å². The van der Waals surface area contributed by atoms with Gasteiger partial charge in [-0.1, -0.05) is 18.2 Å². The summed E-state index contributed by atoms with van der Waals surface area (Å²) in [6.45, 7) is 5.39. The van der Waals surface area contributed by atoms with Crippen LogP contribution >= 0.6 is 0 Å². The number of hydrogen-bond donors (Lipinski definition) is 1. The molecule has 1 rings (SSSR count). The smallest absolute Gasteiger partial charge is 0.407 e. The van der Waals surface area contributed by atoms with Crippen molar-refractivity contribution in [2.75, 3.05) is 6.26 Å². The summed E-state index contributed by atoms with van der Waals surface area (Å²) in [5, 5.41) is 2.54. The molecule has 1 aromatic rings. The Morgan fingerprint density at radius 3 is 2.37 bits per heavy atom. The van der Waals surface area contributed by atoms with E-state index in [4.69, 9.17) is 4.74 Å². The predicted octanol–water partition coefficient (Wildman–Crippen LogP) is 2.11. The average molecular weight is 285 g/mol. The van der Waals surface area contributed by atoms with Gasteiger partial charge in [-0.3, -0.25) is 0 Å². The Hall–Kier alpha value is -1.56. The van der Waals surface area contributed by atoms with Crippen molar-refractivity contribution < 1.29 is 17.9 Å². The molecule has 1 N–H and O–H groups in total. The molecular formula is C13H19NO4S. The lowest BCUT2D eigenvalue weighted by atomic mass is 10.2. The first-order valence-corrected chi connectivity index (χ1v) is 7.73. The number of benzene rings is 1. The fourth-order valence-electron chi connectivity index (χ4n) is 1.49. The molecule has 19 heavy (non-hydrogen) atoms. The zero-order valence-corrected chi connectivity index (χ0v) is 12.4. The van der Waals surface area contributed by atoms with Crippen molar-refractivity contribution in [3.05, 3.63) is 29.8 Å². The van der Waals surface area contributed by atoms with Gasteiger partial charge in [0, 0.05) is 12.8 Å². The highest BCUT2D eigenvalue weighted by atomic mass is 32.2. The highest BCUT2D eigenvalue weighted by molar-refractivity contribution is 7.90. The molecular weight excluding hydrogens is 266 g/mol. The maximum atomic E-state index is 11.6. The second kappa shape index (κ2) is 5.61. The molecule has 1 aromatic carbocycles. The molecule has 1 amide bonds. The summed E-state index contributed by atoms with van der Waals surface area (Å²) in [6.07, 6.45) is 0.565. The number of ether oxygens (including phenoxy) is 1. The Morgan fingerprint density at radius 2 is 1.84 bits per heavy atom. The van der Waals surface area contributed by atoms with Gasteiger partial charge in [0.15, 0.2) is 9.84 Å². The van der Waals surface area contributed by atoms with Crippen LogP contribution in [0.5, 0.6) is 0 Å². The summed E-state index contributed by atoms with van der Waals surface area (Å²) in [5.74, 6) is 0. The van der Waals surface area contributed by atoms with Crippen LogP contribution in [0.1, 0.15) is 26.3 Å². The average Bonchev–Trinajstić information content (AvgIpc) is 2.23. The summed E-state index contributed by atoms with van der Waals surface area (Å²) in [7, 11) is -3.31. The molecule has 0 aliphatic rings. The maximum absolute atomic E-state index is 11.6. The number of rotatable bonds is 3. The summed E-state index contributed by atoms with van der Waals surface area (Å²) < 4.78 is 28.3. The third-order valence-electron chi connectivity index (χ3n) is 2.19. The molecule has 6 heteroatoms. The summed E-state index contributed by atoms with van der Waals surface area (Å²) in [4.78, 5) is 11.7. The van der Waals surface area contributed by atoms with Crippen LogP contribution in [0.4, 0.5) is 4.79 Å². The van der Waals surface area contributed by atoms with Gasteiger partial charge in [-0.15, -0.1) is 0 Å². The van der Waals surface area contributed by atoms with Gasteiger partial charge in [0.2, 0.25) is 0 Å². The molecule has 0 unspecified atom stereocenters. The van der Waals surface area contributed by atoms with E-state index in [0.29, 0.717) is 5.56 Å². The van der Waals surface area contributed by atoms with Gasteiger partial charge >= 0.3 is 6.09 Å². The zero-order chi connectivity index (χ0) is 14.7. The Kier molecular flexibility index (Phi) is 4.57. The van der Waals surface area contributed by atoms with E-state index in [1.54, 1.807) is 39.0 Å². The molecule has 0 fully saturated rings. The summed E-state index contributed by atoms with van der Waals surface area (Å²) in [5.41, 5.74) is -0.0451. The number of amides is 1. The second-order valence-corrected chi connectivity index (χ2v) is 7.22. The minimum absolute atomic E-state index is 0.109. The molecule has 0 radical (unpaired) electrons. The molecule has 0 atom stereocenters. The van der Waals surface area contributed by atoms with Gasteiger partial charge in [-0.25, -0.2) is 13.2 Å². The van der Waals surface area contributed by atoms with Gasteiger partial charge in [-0.05, 0) is 32.4 Å². The second-order valence-electron chi connectivity index (χ2n) is 5.24. The van der Waals surface area contributed by atoms with E-state index in [9.17, 15) is 13.2 Å². The first kappa shape index (κ1) is 15.5. The highest BCUT2D eigenvalue weighted by Crippen LogP contribution is 2.15. The van der Waals surface area contributed by atoms with E-state index in [0.717, 1.165) is 6.26 Å². The van der Waals surface area contributed by atoms with E-state index in [-0.39, 0.29) is 11.4 Å². The lowest BCUT2D eigenvalue weighted by Crippen LogP contribution is -2.32. The molecule has 0 aliphatic heterocycles. The van der Waals surface area contributed by atoms with Crippen LogP contribution in [0.15, 0.2) is 29.2 Å². The molecule has 0 aromatic heterocycles. The van der Waals surface area contributed by atoms with Crippen LogP contribution in [0.2, 0.25) is 0 Å². The van der Waals surface area contributed by atoms with E-state index in [2.05, 4.69) is 5.32 Å². The molecule has 0 spiro atoms. The van der Waals surface area contributed by atoms with Gasteiger partial charge in [-0.2, -0.15) is 0 Å². The van der Waals surface area contributed by atoms with Crippen molar-refractivity contribution >= 4 is 15.9 Å². The van der Waals surface area contributed by atoms with E-state index in [1.807, 2.05) is 0 Å². The third-order valence-corrected chi connectivity index (χ3v) is 3.39. The third kappa shape index (κ3) is 5.30. The number of nitrogens with one attached hydrogen (secondary N) is 1. The monoisotopic (exact) mass is 285 g/mol. The Balaban J connectivity index is 2.77. The number of alkyl carbamates (subject to hydrolysis) is 1. The molecule has 5 nitrogen and oxygen atoms in total. The van der Waals surface area contributed by atoms with Gasteiger partial charge in [0.25, 0.3) is 0 Å². The molecule has 0 saturated carbocycles. The van der Waals surface area contributed by atoms with E-state index < -0.39 is 21.5 Å². The minimum Gasteiger partial charge on any atom is -0.444 e. The van der Waals surface area contributed by atoms with Crippen molar-refractivity contribution in [1.82, 2.24) is 5.32 Å². The van der Waals surface area contributed by atoms with Crippen LogP contribution in [0.25, 0.3) is 0 Å². The van der Waals surface area contributed by atoms with Gasteiger partial charge < -0.3 is 10.1 Å². The fourth-order valence-corrected chi connectivity index (χ4v) is 2.44.